The molecule has 2 rings (SSSR count). The SMILES string of the molecule is Nc1cc(N)cc(C(=O)Nc2ccncc2F)c1. The number of hydrogen-bond donors (Lipinski definition) is 3. The molecule has 5 N–H and O–H groups in total. The van der Waals surface area contributed by atoms with Crippen molar-refractivity contribution < 1.29 is 9.18 Å². The molecule has 0 saturated carbocycles. The number of anilines is 3. The maximum absolute atomic E-state index is 13.3. The van der Waals surface area contributed by atoms with Gasteiger partial charge in [0.2, 0.25) is 0 Å². The third kappa shape index (κ3) is 2.54. The lowest BCUT2D eigenvalue weighted by Gasteiger charge is -2.07. The Morgan fingerprint density at radius 3 is 2.50 bits per heavy atom. The summed E-state index contributed by atoms with van der Waals surface area (Å²) in [5.74, 6) is -1.10. The molecule has 6 heteroatoms. The van der Waals surface area contributed by atoms with Crippen LogP contribution in [0.25, 0.3) is 0 Å². The summed E-state index contributed by atoms with van der Waals surface area (Å²) in [5.41, 5.74) is 12.2. The number of rotatable bonds is 2. The van der Waals surface area contributed by atoms with Crippen molar-refractivity contribution in [3.63, 3.8) is 0 Å². The van der Waals surface area contributed by atoms with Gasteiger partial charge in [0.25, 0.3) is 5.91 Å². The van der Waals surface area contributed by atoms with E-state index in [4.69, 9.17) is 11.5 Å². The number of carbonyl (C=O) groups is 1. The van der Waals surface area contributed by atoms with Crippen LogP contribution < -0.4 is 16.8 Å². The van der Waals surface area contributed by atoms with Gasteiger partial charge in [-0.05, 0) is 24.3 Å². The van der Waals surface area contributed by atoms with Gasteiger partial charge in [0.05, 0.1) is 11.9 Å². The molecule has 1 heterocycles. The first-order valence-corrected chi connectivity index (χ1v) is 5.13. The molecule has 0 fully saturated rings. The van der Waals surface area contributed by atoms with Crippen LogP contribution in [0.3, 0.4) is 0 Å². The van der Waals surface area contributed by atoms with Crippen LogP contribution in [-0.2, 0) is 0 Å². The summed E-state index contributed by atoms with van der Waals surface area (Å²) in [7, 11) is 0. The minimum absolute atomic E-state index is 0.0518. The standard InChI is InChI=1S/C12H11FN4O/c13-10-6-16-2-1-11(10)17-12(18)7-3-8(14)5-9(15)4-7/h1-6H,14-15H2,(H,16,17,18). The lowest BCUT2D eigenvalue weighted by atomic mass is 10.1. The largest absolute Gasteiger partial charge is 0.399 e. The highest BCUT2D eigenvalue weighted by atomic mass is 19.1. The minimum Gasteiger partial charge on any atom is -0.399 e. The second-order valence-electron chi connectivity index (χ2n) is 3.70. The summed E-state index contributed by atoms with van der Waals surface area (Å²) < 4.78 is 13.3. The molecule has 0 radical (unpaired) electrons. The fraction of sp³-hybridized carbons (Fsp3) is 0. The Kier molecular flexibility index (Phi) is 3.09. The number of aromatic nitrogens is 1. The van der Waals surface area contributed by atoms with Crippen LogP contribution in [0.2, 0.25) is 0 Å². The van der Waals surface area contributed by atoms with Crippen LogP contribution in [0.4, 0.5) is 21.5 Å². The molecular weight excluding hydrogens is 235 g/mol. The number of nitrogen functional groups attached to an aromatic ring is 2. The van der Waals surface area contributed by atoms with Crippen LogP contribution >= 0.6 is 0 Å². The van der Waals surface area contributed by atoms with E-state index in [9.17, 15) is 9.18 Å². The van der Waals surface area contributed by atoms with E-state index in [1.807, 2.05) is 0 Å². The van der Waals surface area contributed by atoms with E-state index >= 15 is 0 Å². The van der Waals surface area contributed by atoms with Gasteiger partial charge in [-0.2, -0.15) is 0 Å². The minimum atomic E-state index is -0.609. The molecule has 0 atom stereocenters. The number of carbonyl (C=O) groups excluding carboxylic acids is 1. The first-order valence-electron chi connectivity index (χ1n) is 5.13. The van der Waals surface area contributed by atoms with Crippen LogP contribution in [0.5, 0.6) is 0 Å². The predicted octanol–water partition coefficient (Wildman–Crippen LogP) is 1.64. The molecule has 0 spiro atoms. The van der Waals surface area contributed by atoms with Crippen LogP contribution in [0.1, 0.15) is 10.4 Å². The van der Waals surface area contributed by atoms with Crippen molar-refractivity contribution in [2.75, 3.05) is 16.8 Å². The van der Waals surface area contributed by atoms with Crippen molar-refractivity contribution in [3.8, 4) is 0 Å². The van der Waals surface area contributed by atoms with Crippen molar-refractivity contribution in [2.24, 2.45) is 0 Å². The number of nitrogens with zero attached hydrogens (tertiary/aromatic N) is 1. The van der Waals surface area contributed by atoms with Gasteiger partial charge in [0, 0.05) is 23.1 Å². The van der Waals surface area contributed by atoms with Gasteiger partial charge in [-0.3, -0.25) is 9.78 Å². The average Bonchev–Trinajstić information content (AvgIpc) is 2.31. The lowest BCUT2D eigenvalue weighted by Crippen LogP contribution is -2.13. The molecule has 0 aliphatic heterocycles. The van der Waals surface area contributed by atoms with Crippen molar-refractivity contribution in [3.05, 3.63) is 48.0 Å². The molecule has 5 nitrogen and oxygen atoms in total. The Morgan fingerprint density at radius 1 is 1.22 bits per heavy atom. The molecule has 0 saturated heterocycles. The summed E-state index contributed by atoms with van der Waals surface area (Å²) >= 11 is 0. The predicted molar refractivity (Wildman–Crippen MR) is 67.4 cm³/mol. The van der Waals surface area contributed by atoms with Crippen molar-refractivity contribution in [2.45, 2.75) is 0 Å². The third-order valence-corrected chi connectivity index (χ3v) is 2.26. The average molecular weight is 246 g/mol. The van der Waals surface area contributed by atoms with Gasteiger partial charge in [-0.25, -0.2) is 4.39 Å². The Balaban J connectivity index is 2.25. The fourth-order valence-corrected chi connectivity index (χ4v) is 1.48. The van der Waals surface area contributed by atoms with Crippen LogP contribution in [-0.4, -0.2) is 10.9 Å². The summed E-state index contributed by atoms with van der Waals surface area (Å²) in [6.07, 6.45) is 2.40. The Morgan fingerprint density at radius 2 is 1.89 bits per heavy atom. The molecule has 1 aromatic heterocycles. The number of nitrogens with one attached hydrogen (secondary N) is 1. The molecule has 0 bridgehead atoms. The molecule has 0 unspecified atom stereocenters. The number of hydrogen-bond acceptors (Lipinski definition) is 4. The van der Waals surface area contributed by atoms with Gasteiger partial charge in [-0.1, -0.05) is 0 Å². The maximum atomic E-state index is 13.3. The fourth-order valence-electron chi connectivity index (χ4n) is 1.48. The van der Waals surface area contributed by atoms with E-state index in [1.165, 1.54) is 30.5 Å². The molecule has 2 aromatic rings. The van der Waals surface area contributed by atoms with Gasteiger partial charge < -0.3 is 16.8 Å². The van der Waals surface area contributed by atoms with E-state index in [2.05, 4.69) is 10.3 Å². The number of pyridine rings is 1. The summed E-state index contributed by atoms with van der Waals surface area (Å²) in [6.45, 7) is 0. The van der Waals surface area contributed by atoms with E-state index in [0.717, 1.165) is 6.20 Å². The van der Waals surface area contributed by atoms with E-state index in [0.29, 0.717) is 11.4 Å². The molecule has 18 heavy (non-hydrogen) atoms. The maximum Gasteiger partial charge on any atom is 0.255 e. The van der Waals surface area contributed by atoms with Gasteiger partial charge in [0.1, 0.15) is 0 Å². The van der Waals surface area contributed by atoms with Crippen molar-refractivity contribution >= 4 is 23.0 Å². The van der Waals surface area contributed by atoms with Crippen molar-refractivity contribution in [1.82, 2.24) is 4.98 Å². The highest BCUT2D eigenvalue weighted by Gasteiger charge is 2.10. The second kappa shape index (κ2) is 4.70. The Hall–Kier alpha value is -2.63. The molecule has 0 aliphatic carbocycles. The number of halogens is 1. The zero-order valence-electron chi connectivity index (χ0n) is 9.35. The normalized spacial score (nSPS) is 10.1. The highest BCUT2D eigenvalue weighted by Crippen LogP contribution is 2.17. The summed E-state index contributed by atoms with van der Waals surface area (Å²) in [6, 6.07) is 5.82. The van der Waals surface area contributed by atoms with Crippen LogP contribution in [0.15, 0.2) is 36.7 Å². The summed E-state index contributed by atoms with van der Waals surface area (Å²) in [5, 5.41) is 2.42. The zero-order chi connectivity index (χ0) is 13.1. The topological polar surface area (TPSA) is 94.0 Å². The van der Waals surface area contributed by atoms with Crippen LogP contribution in [0, 0.1) is 5.82 Å². The molecule has 1 aromatic carbocycles. The smallest absolute Gasteiger partial charge is 0.255 e. The molecule has 1 amide bonds. The van der Waals surface area contributed by atoms with E-state index in [1.54, 1.807) is 0 Å². The number of amides is 1. The van der Waals surface area contributed by atoms with Crippen molar-refractivity contribution in [1.29, 1.82) is 0 Å². The second-order valence-corrected chi connectivity index (χ2v) is 3.70. The van der Waals surface area contributed by atoms with Gasteiger partial charge in [0.15, 0.2) is 5.82 Å². The highest BCUT2D eigenvalue weighted by molar-refractivity contribution is 6.05. The first-order chi connectivity index (χ1) is 8.56. The molecule has 92 valence electrons. The quantitative estimate of drug-likeness (QED) is 0.702. The van der Waals surface area contributed by atoms with E-state index < -0.39 is 11.7 Å². The van der Waals surface area contributed by atoms with Gasteiger partial charge >= 0.3 is 0 Å². The Labute approximate surface area is 103 Å². The Bertz CT molecular complexity index is 580. The third-order valence-electron chi connectivity index (χ3n) is 2.26. The first kappa shape index (κ1) is 11.8. The monoisotopic (exact) mass is 246 g/mol. The lowest BCUT2D eigenvalue weighted by molar-refractivity contribution is 0.102. The molecule has 0 aliphatic rings. The number of nitrogens with two attached hydrogens (primary N) is 2. The van der Waals surface area contributed by atoms with E-state index in [-0.39, 0.29) is 11.3 Å². The summed E-state index contributed by atoms with van der Waals surface area (Å²) in [4.78, 5) is 15.4. The zero-order valence-corrected chi connectivity index (χ0v) is 9.35. The molecular formula is C12H11FN4O. The number of benzene rings is 1. The van der Waals surface area contributed by atoms with Gasteiger partial charge in [-0.15, -0.1) is 0 Å².